The molecule has 0 bridgehead atoms. The van der Waals surface area contributed by atoms with Gasteiger partial charge in [-0.3, -0.25) is 4.79 Å². The molecule has 140 valence electrons. The van der Waals surface area contributed by atoms with E-state index in [0.717, 1.165) is 48.2 Å². The molecule has 2 aromatic carbocycles. The number of amides is 1. The van der Waals surface area contributed by atoms with Gasteiger partial charge in [0.1, 0.15) is 17.5 Å². The first-order chi connectivity index (χ1) is 13.2. The van der Waals surface area contributed by atoms with E-state index in [1.807, 2.05) is 30.3 Å². The fourth-order valence-corrected chi connectivity index (χ4v) is 3.79. The van der Waals surface area contributed by atoms with E-state index in [1.54, 1.807) is 0 Å². The van der Waals surface area contributed by atoms with E-state index >= 15 is 0 Å². The number of para-hydroxylation sites is 1. The average molecular weight is 362 g/mol. The summed E-state index contributed by atoms with van der Waals surface area (Å²) in [6, 6.07) is 18.5. The zero-order chi connectivity index (χ0) is 18.8. The maximum Gasteiger partial charge on any atom is 0.268 e. The van der Waals surface area contributed by atoms with Gasteiger partial charge in [0.05, 0.1) is 12.1 Å². The van der Waals surface area contributed by atoms with E-state index in [1.165, 1.54) is 5.56 Å². The van der Waals surface area contributed by atoms with Crippen LogP contribution in [-0.2, 0) is 13.0 Å². The molecule has 0 spiro atoms. The molecule has 1 N–H and O–H groups in total. The molecule has 4 heteroatoms. The number of carbonyl (C=O) groups is 1. The predicted molar refractivity (Wildman–Crippen MR) is 108 cm³/mol. The summed E-state index contributed by atoms with van der Waals surface area (Å²) < 4.78 is 8.19. The lowest BCUT2D eigenvalue weighted by Gasteiger charge is -2.26. The quantitative estimate of drug-likeness (QED) is 0.698. The summed E-state index contributed by atoms with van der Waals surface area (Å²) in [4.78, 5) is 13.0. The zero-order valence-electron chi connectivity index (χ0n) is 15.9. The van der Waals surface area contributed by atoms with Crippen molar-refractivity contribution in [3.05, 3.63) is 65.9 Å². The van der Waals surface area contributed by atoms with Gasteiger partial charge in [-0.25, -0.2) is 0 Å². The van der Waals surface area contributed by atoms with Gasteiger partial charge in [0.2, 0.25) is 0 Å². The first-order valence-electron chi connectivity index (χ1n) is 9.79. The van der Waals surface area contributed by atoms with Crippen molar-refractivity contribution < 1.29 is 9.53 Å². The lowest BCUT2D eigenvalue weighted by atomic mass is 10.1. The van der Waals surface area contributed by atoms with E-state index in [9.17, 15) is 4.79 Å². The van der Waals surface area contributed by atoms with Crippen molar-refractivity contribution in [3.8, 4) is 5.75 Å². The Bertz CT molecular complexity index is 946. The third-order valence-corrected chi connectivity index (χ3v) is 5.34. The van der Waals surface area contributed by atoms with E-state index in [-0.39, 0.29) is 18.1 Å². The van der Waals surface area contributed by atoms with Gasteiger partial charge >= 0.3 is 0 Å². The molecule has 1 aliphatic heterocycles. The second-order valence-corrected chi connectivity index (χ2v) is 7.38. The highest BCUT2D eigenvalue weighted by molar-refractivity contribution is 6.00. The van der Waals surface area contributed by atoms with Crippen molar-refractivity contribution in [1.29, 1.82) is 0 Å². The third-order valence-electron chi connectivity index (χ3n) is 5.34. The summed E-state index contributed by atoms with van der Waals surface area (Å²) in [5.74, 6) is 0.872. The van der Waals surface area contributed by atoms with Gasteiger partial charge in [0, 0.05) is 11.4 Å². The van der Waals surface area contributed by atoms with Crippen LogP contribution in [0.25, 0.3) is 10.9 Å². The van der Waals surface area contributed by atoms with Crippen molar-refractivity contribution in [2.24, 2.45) is 0 Å². The van der Waals surface area contributed by atoms with Crippen LogP contribution < -0.4 is 10.1 Å². The molecule has 0 saturated carbocycles. The minimum atomic E-state index is -0.00513. The summed E-state index contributed by atoms with van der Waals surface area (Å²) in [6.45, 7) is 4.91. The van der Waals surface area contributed by atoms with E-state index in [2.05, 4.69) is 48.0 Å². The molecule has 0 aliphatic carbocycles. The maximum absolute atomic E-state index is 13.0. The monoisotopic (exact) mass is 362 g/mol. The molecule has 1 amide bonds. The molecule has 0 unspecified atom stereocenters. The van der Waals surface area contributed by atoms with Crippen molar-refractivity contribution >= 4 is 16.8 Å². The standard InChI is InChI=1S/C23H26N2O2/c1-3-19-15-25-20(14-18-10-7-11-21(27-19)22(18)25)23(26)24-16(2)12-13-17-8-5-4-6-9-17/h4-11,14,16,19H,3,12-13,15H2,1-2H3,(H,24,26)/t16-,19-/m1/s1. The fraction of sp³-hybridized carbons (Fsp3) is 0.348. The second kappa shape index (κ2) is 7.47. The smallest absolute Gasteiger partial charge is 0.268 e. The van der Waals surface area contributed by atoms with Crippen LogP contribution in [0.4, 0.5) is 0 Å². The number of nitrogens with one attached hydrogen (secondary N) is 1. The van der Waals surface area contributed by atoms with Gasteiger partial charge < -0.3 is 14.6 Å². The van der Waals surface area contributed by atoms with Crippen LogP contribution in [0.15, 0.2) is 54.6 Å². The van der Waals surface area contributed by atoms with Crippen molar-refractivity contribution in [2.75, 3.05) is 0 Å². The minimum Gasteiger partial charge on any atom is -0.486 e. The van der Waals surface area contributed by atoms with Crippen molar-refractivity contribution in [2.45, 2.75) is 51.8 Å². The molecule has 2 atom stereocenters. The topological polar surface area (TPSA) is 43.3 Å². The van der Waals surface area contributed by atoms with Crippen molar-refractivity contribution in [1.82, 2.24) is 9.88 Å². The average Bonchev–Trinajstić information content (AvgIpc) is 3.07. The molecular formula is C23H26N2O2. The molecule has 0 radical (unpaired) electrons. The molecule has 1 aromatic heterocycles. The molecular weight excluding hydrogens is 336 g/mol. The molecule has 1 aliphatic rings. The lowest BCUT2D eigenvalue weighted by Crippen LogP contribution is -2.36. The Hall–Kier alpha value is -2.75. The highest BCUT2D eigenvalue weighted by atomic mass is 16.5. The molecule has 2 heterocycles. The molecule has 0 fully saturated rings. The normalized spacial score (nSPS) is 16.7. The number of hydrogen-bond donors (Lipinski definition) is 1. The van der Waals surface area contributed by atoms with E-state index in [0.29, 0.717) is 0 Å². The predicted octanol–water partition coefficient (Wildman–Crippen LogP) is 4.56. The third kappa shape index (κ3) is 3.57. The van der Waals surface area contributed by atoms with Crippen molar-refractivity contribution in [3.63, 3.8) is 0 Å². The number of benzene rings is 2. The second-order valence-electron chi connectivity index (χ2n) is 7.38. The summed E-state index contributed by atoms with van der Waals surface area (Å²) in [7, 11) is 0. The minimum absolute atomic E-state index is 0.00513. The SMILES string of the molecule is CC[C@@H]1Cn2c(C(=O)N[C@H](C)CCc3ccccc3)cc3cccc(c32)O1. The van der Waals surface area contributed by atoms with Gasteiger partial charge in [-0.05, 0) is 43.9 Å². The number of aromatic nitrogens is 1. The molecule has 0 saturated heterocycles. The Morgan fingerprint density at radius 1 is 1.22 bits per heavy atom. The van der Waals surface area contributed by atoms with Crippen LogP contribution in [0.2, 0.25) is 0 Å². The molecule has 4 nitrogen and oxygen atoms in total. The summed E-state index contributed by atoms with van der Waals surface area (Å²) in [5.41, 5.74) is 3.06. The summed E-state index contributed by atoms with van der Waals surface area (Å²) >= 11 is 0. The van der Waals surface area contributed by atoms with Gasteiger partial charge in [-0.15, -0.1) is 0 Å². The number of ether oxygens (including phenoxy) is 1. The summed E-state index contributed by atoms with van der Waals surface area (Å²) in [5, 5.41) is 4.24. The number of rotatable bonds is 6. The lowest BCUT2D eigenvalue weighted by molar-refractivity contribution is 0.0922. The van der Waals surface area contributed by atoms with E-state index < -0.39 is 0 Å². The number of hydrogen-bond acceptors (Lipinski definition) is 2. The number of aryl methyl sites for hydroxylation is 1. The Balaban J connectivity index is 1.51. The summed E-state index contributed by atoms with van der Waals surface area (Å²) in [6.07, 6.45) is 2.91. The number of nitrogens with zero attached hydrogens (tertiary/aromatic N) is 1. The van der Waals surface area contributed by atoms with Gasteiger partial charge in [0.15, 0.2) is 0 Å². The fourth-order valence-electron chi connectivity index (χ4n) is 3.79. The molecule has 3 aromatic rings. The van der Waals surface area contributed by atoms with Gasteiger partial charge in [0.25, 0.3) is 5.91 Å². The maximum atomic E-state index is 13.0. The first-order valence-corrected chi connectivity index (χ1v) is 9.79. The van der Waals surface area contributed by atoms with Crippen LogP contribution in [0, 0.1) is 0 Å². The highest BCUT2D eigenvalue weighted by Gasteiger charge is 2.26. The zero-order valence-corrected chi connectivity index (χ0v) is 15.9. The molecule has 27 heavy (non-hydrogen) atoms. The van der Waals surface area contributed by atoms with Crippen LogP contribution in [0.1, 0.15) is 42.7 Å². The first kappa shape index (κ1) is 17.7. The van der Waals surface area contributed by atoms with Gasteiger partial charge in [-0.1, -0.05) is 49.4 Å². The Labute approximate surface area is 160 Å². The largest absolute Gasteiger partial charge is 0.486 e. The van der Waals surface area contributed by atoms with Crippen LogP contribution >= 0.6 is 0 Å². The Morgan fingerprint density at radius 2 is 2.04 bits per heavy atom. The van der Waals surface area contributed by atoms with Gasteiger partial charge in [-0.2, -0.15) is 0 Å². The Morgan fingerprint density at radius 3 is 2.81 bits per heavy atom. The van der Waals surface area contributed by atoms with Crippen LogP contribution in [-0.4, -0.2) is 22.6 Å². The van der Waals surface area contributed by atoms with Crippen LogP contribution in [0.3, 0.4) is 0 Å². The Kier molecular flexibility index (Phi) is 4.88. The number of carbonyl (C=O) groups excluding carboxylic acids is 1. The van der Waals surface area contributed by atoms with E-state index in [4.69, 9.17) is 4.74 Å². The molecule has 4 rings (SSSR count). The highest BCUT2D eigenvalue weighted by Crippen LogP contribution is 2.34. The van der Waals surface area contributed by atoms with Crippen LogP contribution in [0.5, 0.6) is 5.75 Å².